The predicted octanol–water partition coefficient (Wildman–Crippen LogP) is 2.00. The molecule has 0 spiro atoms. The maximum Gasteiger partial charge on any atom is 0.264 e. The number of ether oxygens (including phenoxy) is 2. The topological polar surface area (TPSA) is 82.6 Å². The van der Waals surface area contributed by atoms with Crippen molar-refractivity contribution in [3.05, 3.63) is 53.6 Å². The Labute approximate surface area is 205 Å². The van der Waals surface area contributed by atoms with Gasteiger partial charge in [0.1, 0.15) is 12.4 Å². The van der Waals surface area contributed by atoms with Crippen LogP contribution in [0.15, 0.2) is 42.5 Å². The quantitative estimate of drug-likeness (QED) is 0.669. The third-order valence-electron chi connectivity index (χ3n) is 6.47. The van der Waals surface area contributed by atoms with Crippen molar-refractivity contribution >= 4 is 29.1 Å². The zero-order valence-corrected chi connectivity index (χ0v) is 20.5. The molecule has 0 fully saturated rings. The Hall–Kier alpha value is -3.43. The van der Waals surface area contributed by atoms with Gasteiger partial charge in [-0.25, -0.2) is 0 Å². The number of carbonyl (C=O) groups is 3. The van der Waals surface area contributed by atoms with Crippen molar-refractivity contribution in [3.63, 3.8) is 0 Å². The van der Waals surface area contributed by atoms with E-state index in [1.807, 2.05) is 31.3 Å². The van der Waals surface area contributed by atoms with Crippen molar-refractivity contribution in [3.8, 4) is 5.75 Å². The van der Waals surface area contributed by atoms with Gasteiger partial charge in [0, 0.05) is 51.6 Å². The molecule has 2 aliphatic rings. The zero-order chi connectivity index (χ0) is 24.9. The summed E-state index contributed by atoms with van der Waals surface area (Å²) in [4.78, 5) is 45.9. The van der Waals surface area contributed by atoms with Crippen LogP contribution in [0.2, 0.25) is 0 Å². The summed E-state index contributed by atoms with van der Waals surface area (Å²) < 4.78 is 10.6. The average molecular weight is 481 g/mol. The lowest BCUT2D eigenvalue weighted by molar-refractivity contribution is -0.122. The van der Waals surface area contributed by atoms with Crippen molar-refractivity contribution in [2.75, 3.05) is 70.4 Å². The van der Waals surface area contributed by atoms with Crippen LogP contribution in [-0.2, 0) is 20.9 Å². The van der Waals surface area contributed by atoms with Gasteiger partial charge in [0.05, 0.1) is 5.69 Å². The Balaban J connectivity index is 1.68. The highest BCUT2D eigenvalue weighted by molar-refractivity contribution is 6.01. The highest BCUT2D eigenvalue weighted by Crippen LogP contribution is 2.33. The van der Waals surface area contributed by atoms with E-state index in [0.29, 0.717) is 43.2 Å². The number of methoxy groups -OCH3 is 1. The fourth-order valence-corrected chi connectivity index (χ4v) is 4.44. The van der Waals surface area contributed by atoms with Crippen LogP contribution in [0.5, 0.6) is 5.75 Å². The van der Waals surface area contributed by atoms with Gasteiger partial charge >= 0.3 is 0 Å². The first-order chi connectivity index (χ1) is 16.9. The summed E-state index contributed by atoms with van der Waals surface area (Å²) in [5, 5.41) is 0. The van der Waals surface area contributed by atoms with Gasteiger partial charge in [0.25, 0.3) is 17.7 Å². The maximum absolute atomic E-state index is 13.7. The number of amides is 3. The highest BCUT2D eigenvalue weighted by Gasteiger charge is 2.27. The summed E-state index contributed by atoms with van der Waals surface area (Å²) in [5.74, 6) is 0.172. The van der Waals surface area contributed by atoms with E-state index < -0.39 is 0 Å². The number of carbonyl (C=O) groups excluding carboxylic acids is 3. The largest absolute Gasteiger partial charge is 0.482 e. The first kappa shape index (κ1) is 24.7. The van der Waals surface area contributed by atoms with Gasteiger partial charge in [-0.2, -0.15) is 0 Å². The lowest BCUT2D eigenvalue weighted by atomic mass is 10.1. The van der Waals surface area contributed by atoms with Gasteiger partial charge in [-0.1, -0.05) is 18.2 Å². The second-order valence-corrected chi connectivity index (χ2v) is 8.91. The molecule has 9 heteroatoms. The Morgan fingerprint density at radius 1 is 1.00 bits per heavy atom. The van der Waals surface area contributed by atoms with Gasteiger partial charge in [-0.15, -0.1) is 0 Å². The maximum atomic E-state index is 13.7. The molecule has 35 heavy (non-hydrogen) atoms. The minimum absolute atomic E-state index is 0.00372. The number of hydrogen-bond acceptors (Lipinski definition) is 6. The second-order valence-electron chi connectivity index (χ2n) is 8.91. The number of likely N-dealkylation sites (N-methyl/N-ethyl adjacent to an activating group) is 2. The minimum atomic E-state index is -0.159. The highest BCUT2D eigenvalue weighted by atomic mass is 16.5. The molecular formula is C26H32N4O5. The van der Waals surface area contributed by atoms with E-state index in [9.17, 15) is 14.4 Å². The molecule has 186 valence electrons. The number of para-hydroxylation sites is 1. The number of benzene rings is 2. The Morgan fingerprint density at radius 3 is 2.60 bits per heavy atom. The molecule has 0 atom stereocenters. The molecule has 0 unspecified atom stereocenters. The fourth-order valence-electron chi connectivity index (χ4n) is 4.44. The molecule has 0 aromatic heterocycles. The standard InChI is InChI=1S/C26H32N4O5/c1-27-11-6-12-30(25(32)17-34-3)21-8-5-4-7-20(21)16-29(14-13-27)26(33)19-9-10-23-22(15-19)28(2)24(31)18-35-23/h4-5,7-10,15H,6,11-14,16-18H2,1-3H3. The van der Waals surface area contributed by atoms with Crippen LogP contribution in [0, 0.1) is 0 Å². The molecule has 0 saturated carbocycles. The molecule has 9 nitrogen and oxygen atoms in total. The molecule has 0 saturated heterocycles. The third-order valence-corrected chi connectivity index (χ3v) is 6.47. The van der Waals surface area contributed by atoms with E-state index in [-0.39, 0.29) is 30.9 Å². The summed E-state index contributed by atoms with van der Waals surface area (Å²) >= 11 is 0. The van der Waals surface area contributed by atoms with Crippen molar-refractivity contribution in [1.29, 1.82) is 0 Å². The molecule has 0 N–H and O–H groups in total. The lowest BCUT2D eigenvalue weighted by Crippen LogP contribution is -2.38. The van der Waals surface area contributed by atoms with E-state index in [1.54, 1.807) is 35.0 Å². The first-order valence-electron chi connectivity index (χ1n) is 11.8. The molecule has 2 aromatic carbocycles. The molecular weight excluding hydrogens is 448 g/mol. The molecule has 3 amide bonds. The SMILES string of the molecule is COCC(=O)N1CCCN(C)CCN(C(=O)c2ccc3c(c2)N(C)C(=O)CO3)Cc2ccccc21. The lowest BCUT2D eigenvalue weighted by Gasteiger charge is -2.29. The van der Waals surface area contributed by atoms with Gasteiger partial charge in [0.2, 0.25) is 0 Å². The Kier molecular flexibility index (Phi) is 7.67. The van der Waals surface area contributed by atoms with Crippen LogP contribution in [0.4, 0.5) is 11.4 Å². The van der Waals surface area contributed by atoms with E-state index in [0.717, 1.165) is 24.2 Å². The molecule has 2 heterocycles. The van der Waals surface area contributed by atoms with Gasteiger partial charge in [0.15, 0.2) is 6.61 Å². The monoisotopic (exact) mass is 480 g/mol. The number of anilines is 2. The summed E-state index contributed by atoms with van der Waals surface area (Å²) in [5.41, 5.74) is 2.75. The van der Waals surface area contributed by atoms with E-state index >= 15 is 0 Å². The zero-order valence-electron chi connectivity index (χ0n) is 20.5. The Bertz CT molecular complexity index is 1100. The van der Waals surface area contributed by atoms with Crippen LogP contribution in [0.3, 0.4) is 0 Å². The molecule has 0 aliphatic carbocycles. The number of hydrogen-bond donors (Lipinski definition) is 0. The summed E-state index contributed by atoms with van der Waals surface area (Å²) in [7, 11) is 5.22. The van der Waals surface area contributed by atoms with Crippen LogP contribution in [0.25, 0.3) is 0 Å². The van der Waals surface area contributed by atoms with Crippen molar-refractivity contribution in [1.82, 2.24) is 9.80 Å². The van der Waals surface area contributed by atoms with Crippen molar-refractivity contribution < 1.29 is 23.9 Å². The number of nitrogens with zero attached hydrogens (tertiary/aromatic N) is 4. The molecule has 4 rings (SSSR count). The van der Waals surface area contributed by atoms with Gasteiger partial charge in [-0.3, -0.25) is 14.4 Å². The first-order valence-corrected chi connectivity index (χ1v) is 11.8. The van der Waals surface area contributed by atoms with Crippen LogP contribution < -0.4 is 14.5 Å². The van der Waals surface area contributed by atoms with Gasteiger partial charge < -0.3 is 29.1 Å². The van der Waals surface area contributed by atoms with Crippen LogP contribution >= 0.6 is 0 Å². The van der Waals surface area contributed by atoms with E-state index in [1.165, 1.54) is 12.0 Å². The summed E-state index contributed by atoms with van der Waals surface area (Å²) in [6.07, 6.45) is 0.805. The molecule has 0 bridgehead atoms. The van der Waals surface area contributed by atoms with Crippen LogP contribution in [-0.4, -0.2) is 88.1 Å². The molecule has 2 aromatic rings. The second kappa shape index (κ2) is 10.9. The average Bonchev–Trinajstić information content (AvgIpc) is 2.89. The minimum Gasteiger partial charge on any atom is -0.482 e. The van der Waals surface area contributed by atoms with E-state index in [2.05, 4.69) is 4.90 Å². The summed E-state index contributed by atoms with van der Waals surface area (Å²) in [6, 6.07) is 12.9. The van der Waals surface area contributed by atoms with Gasteiger partial charge in [-0.05, 0) is 49.8 Å². The summed E-state index contributed by atoms with van der Waals surface area (Å²) in [6.45, 7) is 2.93. The van der Waals surface area contributed by atoms with E-state index in [4.69, 9.17) is 9.47 Å². The fraction of sp³-hybridized carbons (Fsp3) is 0.423. The van der Waals surface area contributed by atoms with Crippen molar-refractivity contribution in [2.24, 2.45) is 0 Å². The number of fused-ring (bicyclic) bond motifs is 2. The third kappa shape index (κ3) is 5.47. The smallest absolute Gasteiger partial charge is 0.264 e. The Morgan fingerprint density at radius 2 is 1.80 bits per heavy atom. The molecule has 0 radical (unpaired) electrons. The van der Waals surface area contributed by atoms with Crippen LogP contribution in [0.1, 0.15) is 22.3 Å². The number of rotatable bonds is 3. The molecule has 2 aliphatic heterocycles. The predicted molar refractivity (Wildman–Crippen MR) is 133 cm³/mol. The van der Waals surface area contributed by atoms with Crippen molar-refractivity contribution in [2.45, 2.75) is 13.0 Å². The normalized spacial score (nSPS) is 17.2.